The summed E-state index contributed by atoms with van der Waals surface area (Å²) in [5.74, 6) is 0.191. The van der Waals surface area contributed by atoms with Gasteiger partial charge in [-0.15, -0.1) is 0 Å². The molecule has 0 spiro atoms. The van der Waals surface area contributed by atoms with Gasteiger partial charge in [-0.05, 0) is 19.0 Å². The maximum atomic E-state index is 13.1. The lowest BCUT2D eigenvalue weighted by atomic mass is 9.83. The zero-order chi connectivity index (χ0) is 16.4. The fourth-order valence-corrected chi connectivity index (χ4v) is 3.66. The van der Waals surface area contributed by atoms with Crippen LogP contribution in [0.15, 0.2) is 30.3 Å². The fraction of sp³-hybridized carbons (Fsp3) is 0.556. The van der Waals surface area contributed by atoms with Gasteiger partial charge in [0, 0.05) is 39.6 Å². The Bertz CT molecular complexity index is 567. The third kappa shape index (κ3) is 3.24. The van der Waals surface area contributed by atoms with Gasteiger partial charge in [0.15, 0.2) is 0 Å². The summed E-state index contributed by atoms with van der Waals surface area (Å²) in [5, 5.41) is 0. The predicted octanol–water partition coefficient (Wildman–Crippen LogP) is 1.37. The number of likely N-dealkylation sites (N-methyl/N-ethyl adjacent to an activating group) is 1. The highest BCUT2D eigenvalue weighted by Gasteiger charge is 2.40. The first-order valence-corrected chi connectivity index (χ1v) is 8.36. The molecule has 0 saturated carbocycles. The van der Waals surface area contributed by atoms with Crippen LogP contribution in [0.1, 0.15) is 24.4 Å². The zero-order valence-electron chi connectivity index (χ0n) is 13.9. The van der Waals surface area contributed by atoms with Crippen LogP contribution in [0.3, 0.4) is 0 Å². The number of benzene rings is 1. The van der Waals surface area contributed by atoms with Crippen LogP contribution in [-0.4, -0.2) is 66.8 Å². The number of hydrogen-bond acceptors (Lipinski definition) is 3. The van der Waals surface area contributed by atoms with Gasteiger partial charge < -0.3 is 14.7 Å². The van der Waals surface area contributed by atoms with Gasteiger partial charge in [0.2, 0.25) is 11.8 Å². The molecule has 124 valence electrons. The minimum Gasteiger partial charge on any atom is -0.340 e. The molecule has 0 unspecified atom stereocenters. The lowest BCUT2D eigenvalue weighted by Gasteiger charge is -2.42. The second-order valence-corrected chi connectivity index (χ2v) is 6.63. The Kier molecular flexibility index (Phi) is 4.66. The minimum atomic E-state index is -0.149. The van der Waals surface area contributed by atoms with Crippen LogP contribution in [0.2, 0.25) is 0 Å². The Morgan fingerprint density at radius 2 is 1.70 bits per heavy atom. The first-order valence-electron chi connectivity index (χ1n) is 8.36. The molecule has 1 aromatic rings. The average molecular weight is 315 g/mol. The number of carbonyl (C=O) groups is 2. The van der Waals surface area contributed by atoms with Gasteiger partial charge in [0.05, 0.1) is 12.0 Å². The van der Waals surface area contributed by atoms with Crippen molar-refractivity contribution in [2.45, 2.75) is 18.9 Å². The Hall–Kier alpha value is -1.88. The summed E-state index contributed by atoms with van der Waals surface area (Å²) >= 11 is 0. The van der Waals surface area contributed by atoms with E-state index in [1.807, 2.05) is 42.3 Å². The quantitative estimate of drug-likeness (QED) is 0.828. The van der Waals surface area contributed by atoms with Gasteiger partial charge in [-0.3, -0.25) is 9.59 Å². The van der Waals surface area contributed by atoms with E-state index in [1.165, 1.54) is 0 Å². The van der Waals surface area contributed by atoms with Crippen LogP contribution in [0.5, 0.6) is 0 Å². The summed E-state index contributed by atoms with van der Waals surface area (Å²) in [6.07, 6.45) is 1.11. The smallest absolute Gasteiger partial charge is 0.228 e. The van der Waals surface area contributed by atoms with Crippen molar-refractivity contribution >= 4 is 11.8 Å². The fourth-order valence-electron chi connectivity index (χ4n) is 3.66. The Labute approximate surface area is 137 Å². The van der Waals surface area contributed by atoms with E-state index in [4.69, 9.17) is 0 Å². The van der Waals surface area contributed by atoms with Crippen LogP contribution in [0, 0.1) is 5.92 Å². The molecule has 0 N–H and O–H groups in total. The van der Waals surface area contributed by atoms with Gasteiger partial charge in [0.1, 0.15) is 0 Å². The molecule has 5 nitrogen and oxygen atoms in total. The summed E-state index contributed by atoms with van der Waals surface area (Å²) in [5.41, 5.74) is 1.05. The first-order chi connectivity index (χ1) is 11.1. The van der Waals surface area contributed by atoms with Gasteiger partial charge in [0.25, 0.3) is 0 Å². The third-order valence-corrected chi connectivity index (χ3v) is 5.13. The van der Waals surface area contributed by atoms with Crippen molar-refractivity contribution in [1.29, 1.82) is 0 Å². The van der Waals surface area contributed by atoms with E-state index in [2.05, 4.69) is 11.9 Å². The van der Waals surface area contributed by atoms with Crippen molar-refractivity contribution in [2.75, 3.05) is 40.3 Å². The molecule has 2 aliphatic heterocycles. The molecule has 23 heavy (non-hydrogen) atoms. The van der Waals surface area contributed by atoms with Gasteiger partial charge >= 0.3 is 0 Å². The molecule has 3 rings (SSSR count). The maximum absolute atomic E-state index is 13.1. The molecule has 0 aliphatic carbocycles. The minimum absolute atomic E-state index is 0.126. The second kappa shape index (κ2) is 6.71. The van der Waals surface area contributed by atoms with Crippen molar-refractivity contribution < 1.29 is 9.59 Å². The molecular formula is C18H25N3O2. The molecule has 1 aromatic carbocycles. The van der Waals surface area contributed by atoms with Crippen molar-refractivity contribution in [2.24, 2.45) is 5.92 Å². The molecule has 2 saturated heterocycles. The largest absolute Gasteiger partial charge is 0.340 e. The summed E-state index contributed by atoms with van der Waals surface area (Å²) in [4.78, 5) is 31.2. The molecule has 2 heterocycles. The van der Waals surface area contributed by atoms with Crippen LogP contribution < -0.4 is 0 Å². The van der Waals surface area contributed by atoms with E-state index < -0.39 is 0 Å². The molecule has 0 aromatic heterocycles. The number of piperazine rings is 1. The monoisotopic (exact) mass is 315 g/mol. The molecule has 2 atom stereocenters. The van der Waals surface area contributed by atoms with E-state index in [0.717, 1.165) is 31.7 Å². The molecule has 2 fully saturated rings. The average Bonchev–Trinajstić information content (AvgIpc) is 2.58. The summed E-state index contributed by atoms with van der Waals surface area (Å²) < 4.78 is 0. The number of rotatable bonds is 2. The molecule has 2 amide bonds. The highest BCUT2D eigenvalue weighted by atomic mass is 16.2. The summed E-state index contributed by atoms with van der Waals surface area (Å²) in [7, 11) is 3.91. The van der Waals surface area contributed by atoms with Crippen LogP contribution >= 0.6 is 0 Å². The van der Waals surface area contributed by atoms with E-state index >= 15 is 0 Å². The van der Waals surface area contributed by atoms with E-state index in [0.29, 0.717) is 12.8 Å². The van der Waals surface area contributed by atoms with Crippen molar-refractivity contribution in [1.82, 2.24) is 14.7 Å². The number of likely N-dealkylation sites (tertiary alicyclic amines) is 1. The third-order valence-electron chi connectivity index (χ3n) is 5.13. The Balaban J connectivity index is 1.83. The van der Waals surface area contributed by atoms with Crippen molar-refractivity contribution in [3.8, 4) is 0 Å². The zero-order valence-corrected chi connectivity index (χ0v) is 13.9. The lowest BCUT2D eigenvalue weighted by molar-refractivity contribution is -0.147. The highest BCUT2D eigenvalue weighted by molar-refractivity contribution is 5.85. The number of amides is 2. The van der Waals surface area contributed by atoms with Gasteiger partial charge in [-0.2, -0.15) is 0 Å². The molecule has 0 bridgehead atoms. The summed E-state index contributed by atoms with van der Waals surface area (Å²) in [6, 6.07) is 9.79. The van der Waals surface area contributed by atoms with Crippen molar-refractivity contribution in [3.05, 3.63) is 35.9 Å². The normalized spacial score (nSPS) is 26.4. The lowest BCUT2D eigenvalue weighted by Crippen LogP contribution is -2.52. The highest BCUT2D eigenvalue weighted by Crippen LogP contribution is 2.36. The standard InChI is InChI=1S/C18H25N3O2/c1-19-10-12-21(13-11-19)18(23)15-8-9-16(22)20(2)17(15)14-6-4-3-5-7-14/h3-7,15,17H,8-13H2,1-2H3/t15-,17-/m0/s1. The van der Waals surface area contributed by atoms with E-state index in [-0.39, 0.29) is 23.8 Å². The number of nitrogens with zero attached hydrogens (tertiary/aromatic N) is 3. The predicted molar refractivity (Wildman–Crippen MR) is 88.8 cm³/mol. The Morgan fingerprint density at radius 3 is 2.35 bits per heavy atom. The van der Waals surface area contributed by atoms with E-state index in [1.54, 1.807) is 4.90 Å². The first kappa shape index (κ1) is 16.0. The second-order valence-electron chi connectivity index (χ2n) is 6.63. The molecule has 2 aliphatic rings. The number of carbonyl (C=O) groups excluding carboxylic acids is 2. The SMILES string of the molecule is CN1CCN(C(=O)[C@H]2CCC(=O)N(C)[C@H]2c2ccccc2)CC1. The summed E-state index contributed by atoms with van der Waals surface area (Å²) in [6.45, 7) is 3.41. The van der Waals surface area contributed by atoms with Crippen molar-refractivity contribution in [3.63, 3.8) is 0 Å². The number of hydrogen-bond donors (Lipinski definition) is 0. The Morgan fingerprint density at radius 1 is 1.04 bits per heavy atom. The van der Waals surface area contributed by atoms with Gasteiger partial charge in [-0.1, -0.05) is 30.3 Å². The molecule has 0 radical (unpaired) electrons. The molecular weight excluding hydrogens is 290 g/mol. The topological polar surface area (TPSA) is 43.9 Å². The van der Waals surface area contributed by atoms with Crippen LogP contribution in [-0.2, 0) is 9.59 Å². The maximum Gasteiger partial charge on any atom is 0.228 e. The molecule has 5 heteroatoms. The van der Waals surface area contributed by atoms with Crippen LogP contribution in [0.25, 0.3) is 0 Å². The van der Waals surface area contributed by atoms with Gasteiger partial charge in [-0.25, -0.2) is 0 Å². The number of piperidine rings is 1. The van der Waals surface area contributed by atoms with Crippen LogP contribution in [0.4, 0.5) is 0 Å². The van der Waals surface area contributed by atoms with E-state index in [9.17, 15) is 9.59 Å².